The zero-order valence-corrected chi connectivity index (χ0v) is 7.94. The van der Waals surface area contributed by atoms with E-state index in [0.29, 0.717) is 11.4 Å². The molecule has 0 aliphatic carbocycles. The maximum absolute atomic E-state index is 8.68. The van der Waals surface area contributed by atoms with Gasteiger partial charge in [0.05, 0.1) is 11.6 Å². The first kappa shape index (κ1) is 9.09. The normalized spacial score (nSPS) is 9.50. The molecule has 0 unspecified atom stereocenters. The molecule has 0 spiro atoms. The lowest BCUT2D eigenvalue weighted by atomic mass is 10.0. The number of alkyl halides is 1. The van der Waals surface area contributed by atoms with E-state index in [0.717, 1.165) is 11.1 Å². The largest absolute Gasteiger partial charge is 0.192 e. The van der Waals surface area contributed by atoms with E-state index in [2.05, 4.69) is 6.07 Å². The van der Waals surface area contributed by atoms with Crippen molar-refractivity contribution < 1.29 is 0 Å². The highest BCUT2D eigenvalue weighted by atomic mass is 35.5. The summed E-state index contributed by atoms with van der Waals surface area (Å²) in [4.78, 5) is 0. The van der Waals surface area contributed by atoms with E-state index in [1.54, 1.807) is 0 Å². The summed E-state index contributed by atoms with van der Waals surface area (Å²) in [5, 5.41) is 8.68. The molecule has 0 aliphatic rings. The molecule has 0 aliphatic heterocycles. The third-order valence-corrected chi connectivity index (χ3v) is 2.34. The van der Waals surface area contributed by atoms with E-state index in [9.17, 15) is 0 Å². The second-order valence-corrected chi connectivity index (χ2v) is 3.09. The molecule has 1 nitrogen and oxygen atoms in total. The minimum absolute atomic E-state index is 0.474. The van der Waals surface area contributed by atoms with Crippen molar-refractivity contribution in [3.05, 3.63) is 34.4 Å². The van der Waals surface area contributed by atoms with Gasteiger partial charge in [-0.05, 0) is 42.7 Å². The van der Waals surface area contributed by atoms with Crippen LogP contribution in [-0.4, -0.2) is 0 Å². The summed E-state index contributed by atoms with van der Waals surface area (Å²) >= 11 is 5.72. The molecule has 1 aromatic rings. The number of hydrogen-bond acceptors (Lipinski definition) is 1. The first-order valence-corrected chi connectivity index (χ1v) is 4.28. The Kier molecular flexibility index (Phi) is 2.73. The fourth-order valence-corrected chi connectivity index (χ4v) is 1.41. The number of rotatable bonds is 1. The van der Waals surface area contributed by atoms with E-state index in [1.807, 2.05) is 26.0 Å². The molecule has 0 heterocycles. The van der Waals surface area contributed by atoms with Crippen molar-refractivity contribution >= 4 is 11.6 Å². The van der Waals surface area contributed by atoms with Gasteiger partial charge in [0.2, 0.25) is 0 Å². The fourth-order valence-electron chi connectivity index (χ4n) is 1.14. The van der Waals surface area contributed by atoms with E-state index in [1.165, 1.54) is 5.56 Å². The zero-order valence-electron chi connectivity index (χ0n) is 7.19. The molecule has 12 heavy (non-hydrogen) atoms. The van der Waals surface area contributed by atoms with Gasteiger partial charge in [-0.1, -0.05) is 0 Å². The Morgan fingerprint density at radius 3 is 2.58 bits per heavy atom. The summed E-state index contributed by atoms with van der Waals surface area (Å²) in [6.45, 7) is 4.01. The van der Waals surface area contributed by atoms with Gasteiger partial charge < -0.3 is 0 Å². The Hall–Kier alpha value is -1.000. The summed E-state index contributed by atoms with van der Waals surface area (Å²) in [6, 6.07) is 5.83. The molecule has 0 atom stereocenters. The maximum atomic E-state index is 8.68. The van der Waals surface area contributed by atoms with Gasteiger partial charge in [-0.25, -0.2) is 0 Å². The molecule has 0 amide bonds. The first-order chi connectivity index (χ1) is 5.69. The third kappa shape index (κ3) is 1.60. The van der Waals surface area contributed by atoms with E-state index in [4.69, 9.17) is 16.9 Å². The second kappa shape index (κ2) is 3.60. The van der Waals surface area contributed by atoms with Gasteiger partial charge in [0, 0.05) is 5.88 Å². The van der Waals surface area contributed by atoms with Crippen molar-refractivity contribution in [3.8, 4) is 6.07 Å². The van der Waals surface area contributed by atoms with E-state index in [-0.39, 0.29) is 0 Å². The lowest BCUT2D eigenvalue weighted by Crippen LogP contribution is -1.90. The summed E-state index contributed by atoms with van der Waals surface area (Å²) in [5.41, 5.74) is 4.05. The molecule has 0 aromatic heterocycles. The van der Waals surface area contributed by atoms with Gasteiger partial charge in [-0.2, -0.15) is 5.26 Å². The monoisotopic (exact) mass is 179 g/mol. The standard InChI is InChI=1S/C10H10ClN/c1-7-3-9(6-12)4-10(5-11)8(7)2/h3-4H,5H2,1-2H3. The van der Waals surface area contributed by atoms with E-state index < -0.39 is 0 Å². The molecule has 0 N–H and O–H groups in total. The van der Waals surface area contributed by atoms with Crippen molar-refractivity contribution in [1.82, 2.24) is 0 Å². The predicted octanol–water partition coefficient (Wildman–Crippen LogP) is 2.91. The Morgan fingerprint density at radius 1 is 1.42 bits per heavy atom. The molecule has 1 rings (SSSR count). The van der Waals surface area contributed by atoms with Crippen LogP contribution in [0.15, 0.2) is 12.1 Å². The van der Waals surface area contributed by atoms with Crippen LogP contribution in [0.25, 0.3) is 0 Å². The highest BCUT2D eigenvalue weighted by Crippen LogP contribution is 2.17. The third-order valence-electron chi connectivity index (χ3n) is 2.05. The van der Waals surface area contributed by atoms with Gasteiger partial charge in [-0.15, -0.1) is 11.6 Å². The SMILES string of the molecule is Cc1cc(C#N)cc(CCl)c1C. The average Bonchev–Trinajstić information content (AvgIpc) is 2.09. The topological polar surface area (TPSA) is 23.8 Å². The predicted molar refractivity (Wildman–Crippen MR) is 50.2 cm³/mol. The van der Waals surface area contributed by atoms with Crippen molar-refractivity contribution in [3.63, 3.8) is 0 Å². The molecule has 0 bridgehead atoms. The van der Waals surface area contributed by atoms with Gasteiger partial charge in [0.15, 0.2) is 0 Å². The number of halogens is 1. The highest BCUT2D eigenvalue weighted by Gasteiger charge is 2.02. The number of nitriles is 1. The number of benzene rings is 1. The van der Waals surface area contributed by atoms with Gasteiger partial charge >= 0.3 is 0 Å². The molecule has 2 heteroatoms. The summed E-state index contributed by atoms with van der Waals surface area (Å²) < 4.78 is 0. The number of aryl methyl sites for hydroxylation is 1. The van der Waals surface area contributed by atoms with Crippen molar-refractivity contribution in [1.29, 1.82) is 5.26 Å². The van der Waals surface area contributed by atoms with E-state index >= 15 is 0 Å². The average molecular weight is 180 g/mol. The van der Waals surface area contributed by atoms with Crippen LogP contribution in [-0.2, 0) is 5.88 Å². The Balaban J connectivity index is 3.31. The molecule has 0 fully saturated rings. The van der Waals surface area contributed by atoms with Crippen LogP contribution in [0.5, 0.6) is 0 Å². The van der Waals surface area contributed by atoms with Crippen LogP contribution >= 0.6 is 11.6 Å². The van der Waals surface area contributed by atoms with Crippen LogP contribution in [0.4, 0.5) is 0 Å². The van der Waals surface area contributed by atoms with Crippen LogP contribution < -0.4 is 0 Å². The lowest BCUT2D eigenvalue weighted by molar-refractivity contribution is 1.23. The second-order valence-electron chi connectivity index (χ2n) is 2.82. The molecule has 0 saturated heterocycles. The minimum Gasteiger partial charge on any atom is -0.192 e. The Bertz CT molecular complexity index is 336. The minimum atomic E-state index is 0.474. The zero-order chi connectivity index (χ0) is 9.14. The van der Waals surface area contributed by atoms with Crippen LogP contribution in [0, 0.1) is 25.2 Å². The Morgan fingerprint density at radius 2 is 2.08 bits per heavy atom. The summed E-state index contributed by atoms with van der Waals surface area (Å²) in [7, 11) is 0. The number of nitrogens with zero attached hydrogens (tertiary/aromatic N) is 1. The fraction of sp³-hybridized carbons (Fsp3) is 0.300. The highest BCUT2D eigenvalue weighted by molar-refractivity contribution is 6.17. The first-order valence-electron chi connectivity index (χ1n) is 3.75. The molecular formula is C10H10ClN. The molecule has 62 valence electrons. The van der Waals surface area contributed by atoms with Gasteiger partial charge in [0.25, 0.3) is 0 Å². The lowest BCUT2D eigenvalue weighted by Gasteiger charge is -2.05. The van der Waals surface area contributed by atoms with Crippen LogP contribution in [0.2, 0.25) is 0 Å². The van der Waals surface area contributed by atoms with Gasteiger partial charge in [0.1, 0.15) is 0 Å². The Labute approximate surface area is 77.6 Å². The van der Waals surface area contributed by atoms with Crippen LogP contribution in [0.3, 0.4) is 0 Å². The van der Waals surface area contributed by atoms with Crippen molar-refractivity contribution in [2.45, 2.75) is 19.7 Å². The van der Waals surface area contributed by atoms with Gasteiger partial charge in [-0.3, -0.25) is 0 Å². The summed E-state index contributed by atoms with van der Waals surface area (Å²) in [5.74, 6) is 0.474. The molecule has 0 saturated carbocycles. The number of hydrogen-bond donors (Lipinski definition) is 0. The quantitative estimate of drug-likeness (QED) is 0.609. The molecular weight excluding hydrogens is 170 g/mol. The molecule has 0 radical (unpaired) electrons. The molecule has 1 aromatic carbocycles. The summed E-state index contributed by atoms with van der Waals surface area (Å²) in [6.07, 6.45) is 0. The van der Waals surface area contributed by atoms with Crippen molar-refractivity contribution in [2.75, 3.05) is 0 Å². The van der Waals surface area contributed by atoms with Crippen LogP contribution in [0.1, 0.15) is 22.3 Å². The van der Waals surface area contributed by atoms with Crippen molar-refractivity contribution in [2.24, 2.45) is 0 Å². The smallest absolute Gasteiger partial charge is 0.0991 e. The maximum Gasteiger partial charge on any atom is 0.0991 e.